The third-order valence-electron chi connectivity index (χ3n) is 2.53. The van der Waals surface area contributed by atoms with Gasteiger partial charge in [0.2, 0.25) is 0 Å². The van der Waals surface area contributed by atoms with Gasteiger partial charge in [-0.05, 0) is 35.7 Å². The average Bonchev–Trinajstić information content (AvgIpc) is 2.31. The molecule has 4 heteroatoms. The summed E-state index contributed by atoms with van der Waals surface area (Å²) in [6.07, 6.45) is -4.66. The van der Waals surface area contributed by atoms with E-state index in [1.165, 1.54) is 12.1 Å². The van der Waals surface area contributed by atoms with E-state index in [0.29, 0.717) is 0 Å². The molecule has 0 radical (unpaired) electrons. The molecule has 2 aromatic rings. The first-order valence-corrected chi connectivity index (χ1v) is 5.37. The predicted octanol–water partition coefficient (Wildman–Crippen LogP) is 4.56. The van der Waals surface area contributed by atoms with Crippen LogP contribution in [0.1, 0.15) is 5.56 Å². The first-order chi connectivity index (χ1) is 8.46. The van der Waals surface area contributed by atoms with Crippen LogP contribution in [0.15, 0.2) is 48.5 Å². The minimum atomic E-state index is -4.66. The van der Waals surface area contributed by atoms with Gasteiger partial charge in [0, 0.05) is 0 Å². The van der Waals surface area contributed by atoms with Crippen LogP contribution in [-0.2, 0) is 0 Å². The number of ether oxygens (including phenoxy) is 1. The van der Waals surface area contributed by atoms with Crippen LogP contribution < -0.4 is 4.74 Å². The number of hydrogen-bond donors (Lipinski definition) is 0. The van der Waals surface area contributed by atoms with Crippen molar-refractivity contribution in [1.82, 2.24) is 0 Å². The molecule has 0 aliphatic carbocycles. The molecular formula is C14H11F3O. The molecule has 0 fully saturated rings. The molecule has 1 nitrogen and oxygen atoms in total. The van der Waals surface area contributed by atoms with Crippen molar-refractivity contribution >= 4 is 0 Å². The summed E-state index contributed by atoms with van der Waals surface area (Å²) in [5.74, 6) is -0.202. The molecular weight excluding hydrogens is 241 g/mol. The minimum absolute atomic E-state index is 0.202. The van der Waals surface area contributed by atoms with E-state index < -0.39 is 6.36 Å². The quantitative estimate of drug-likeness (QED) is 0.761. The second-order valence-electron chi connectivity index (χ2n) is 3.89. The first kappa shape index (κ1) is 12.5. The van der Waals surface area contributed by atoms with Gasteiger partial charge in [0.15, 0.2) is 0 Å². The van der Waals surface area contributed by atoms with Crippen molar-refractivity contribution in [2.45, 2.75) is 13.3 Å². The summed E-state index contributed by atoms with van der Waals surface area (Å²) >= 11 is 0. The summed E-state index contributed by atoms with van der Waals surface area (Å²) in [6, 6.07) is 13.6. The lowest BCUT2D eigenvalue weighted by molar-refractivity contribution is -0.274. The Balaban J connectivity index is 2.39. The van der Waals surface area contributed by atoms with E-state index in [9.17, 15) is 13.2 Å². The highest BCUT2D eigenvalue weighted by Gasteiger charge is 2.31. The van der Waals surface area contributed by atoms with Gasteiger partial charge in [-0.2, -0.15) is 0 Å². The molecule has 2 rings (SSSR count). The average molecular weight is 252 g/mol. The third-order valence-corrected chi connectivity index (χ3v) is 2.53. The number of alkyl halides is 3. The second-order valence-corrected chi connectivity index (χ2v) is 3.89. The molecule has 0 atom stereocenters. The molecule has 0 heterocycles. The molecule has 2 aromatic carbocycles. The number of hydrogen-bond acceptors (Lipinski definition) is 1. The van der Waals surface area contributed by atoms with Gasteiger partial charge in [-0.1, -0.05) is 36.4 Å². The van der Waals surface area contributed by atoms with Gasteiger partial charge in [-0.15, -0.1) is 13.2 Å². The highest BCUT2D eigenvalue weighted by atomic mass is 19.4. The molecule has 0 aliphatic heterocycles. The summed E-state index contributed by atoms with van der Waals surface area (Å²) in [5.41, 5.74) is 2.50. The maximum Gasteiger partial charge on any atom is 0.573 e. The van der Waals surface area contributed by atoms with Gasteiger partial charge < -0.3 is 4.74 Å². The monoisotopic (exact) mass is 252 g/mol. The van der Waals surface area contributed by atoms with Crippen molar-refractivity contribution in [2.24, 2.45) is 0 Å². The Morgan fingerprint density at radius 2 is 1.61 bits per heavy atom. The van der Waals surface area contributed by atoms with Crippen molar-refractivity contribution in [2.75, 3.05) is 0 Å². The molecule has 0 aliphatic rings. The zero-order valence-corrected chi connectivity index (χ0v) is 9.66. The van der Waals surface area contributed by atoms with Crippen molar-refractivity contribution in [3.05, 3.63) is 54.1 Å². The van der Waals surface area contributed by atoms with Gasteiger partial charge >= 0.3 is 6.36 Å². The Bertz CT molecular complexity index is 532. The fourth-order valence-electron chi connectivity index (χ4n) is 1.73. The molecule has 0 saturated carbocycles. The lowest BCUT2D eigenvalue weighted by Gasteiger charge is -2.12. The Morgan fingerprint density at radius 3 is 2.22 bits per heavy atom. The van der Waals surface area contributed by atoms with Gasteiger partial charge in [-0.25, -0.2) is 0 Å². The van der Waals surface area contributed by atoms with Crippen molar-refractivity contribution < 1.29 is 17.9 Å². The molecule has 0 N–H and O–H groups in total. The van der Waals surface area contributed by atoms with Gasteiger partial charge in [0.05, 0.1) is 0 Å². The molecule has 0 amide bonds. The van der Waals surface area contributed by atoms with Crippen LogP contribution in [0.25, 0.3) is 11.1 Å². The number of aryl methyl sites for hydroxylation is 1. The molecule has 18 heavy (non-hydrogen) atoms. The normalized spacial score (nSPS) is 11.3. The molecule has 0 aromatic heterocycles. The van der Waals surface area contributed by atoms with E-state index in [4.69, 9.17) is 0 Å². The Hall–Kier alpha value is -1.97. The smallest absolute Gasteiger partial charge is 0.406 e. The molecule has 0 spiro atoms. The van der Waals surface area contributed by atoms with E-state index in [-0.39, 0.29) is 5.75 Å². The SMILES string of the molecule is Cc1ccc(OC(F)(F)F)cc1-c1ccccc1. The third kappa shape index (κ3) is 3.03. The fourth-order valence-corrected chi connectivity index (χ4v) is 1.73. The van der Waals surface area contributed by atoms with Gasteiger partial charge in [-0.3, -0.25) is 0 Å². The first-order valence-electron chi connectivity index (χ1n) is 5.37. The van der Waals surface area contributed by atoms with Crippen molar-refractivity contribution in [1.29, 1.82) is 0 Å². The van der Waals surface area contributed by atoms with Crippen molar-refractivity contribution in [3.63, 3.8) is 0 Å². The lowest BCUT2D eigenvalue weighted by Crippen LogP contribution is -2.17. The molecule has 94 valence electrons. The van der Waals surface area contributed by atoms with E-state index in [1.54, 1.807) is 6.07 Å². The number of rotatable bonds is 2. The lowest BCUT2D eigenvalue weighted by atomic mass is 10.0. The van der Waals surface area contributed by atoms with Crippen LogP contribution in [-0.4, -0.2) is 6.36 Å². The summed E-state index contributed by atoms with van der Waals surface area (Å²) in [6.45, 7) is 1.85. The van der Waals surface area contributed by atoms with Gasteiger partial charge in [0.1, 0.15) is 5.75 Å². The zero-order valence-electron chi connectivity index (χ0n) is 9.66. The summed E-state index contributed by atoms with van der Waals surface area (Å²) in [5, 5.41) is 0. The summed E-state index contributed by atoms with van der Waals surface area (Å²) in [4.78, 5) is 0. The Morgan fingerprint density at radius 1 is 0.944 bits per heavy atom. The standard InChI is InChI=1S/C14H11F3O/c1-10-7-8-12(18-14(15,16)17)9-13(10)11-5-3-2-4-6-11/h2-9H,1H3. The van der Waals surface area contributed by atoms with Crippen LogP contribution in [0.5, 0.6) is 5.75 Å². The number of benzene rings is 2. The fraction of sp³-hybridized carbons (Fsp3) is 0.143. The van der Waals surface area contributed by atoms with E-state index >= 15 is 0 Å². The molecule has 0 unspecified atom stereocenters. The summed E-state index contributed by atoms with van der Waals surface area (Å²) < 4.78 is 40.4. The highest BCUT2D eigenvalue weighted by Crippen LogP contribution is 2.30. The zero-order chi connectivity index (χ0) is 13.2. The minimum Gasteiger partial charge on any atom is -0.406 e. The largest absolute Gasteiger partial charge is 0.573 e. The maximum absolute atomic E-state index is 12.2. The molecule has 0 saturated heterocycles. The van der Waals surface area contributed by atoms with Crippen LogP contribution in [0, 0.1) is 6.92 Å². The summed E-state index contributed by atoms with van der Waals surface area (Å²) in [7, 11) is 0. The van der Waals surface area contributed by atoms with E-state index in [2.05, 4.69) is 4.74 Å². The van der Waals surface area contributed by atoms with E-state index in [1.807, 2.05) is 37.3 Å². The van der Waals surface area contributed by atoms with Crippen molar-refractivity contribution in [3.8, 4) is 16.9 Å². The topological polar surface area (TPSA) is 9.23 Å². The van der Waals surface area contributed by atoms with Crippen LogP contribution in [0.2, 0.25) is 0 Å². The highest BCUT2D eigenvalue weighted by molar-refractivity contribution is 5.68. The Kier molecular flexibility index (Phi) is 3.28. The van der Waals surface area contributed by atoms with Gasteiger partial charge in [0.25, 0.3) is 0 Å². The van der Waals surface area contributed by atoms with E-state index in [0.717, 1.165) is 16.7 Å². The van der Waals surface area contributed by atoms with Crippen LogP contribution in [0.3, 0.4) is 0 Å². The number of halogens is 3. The predicted molar refractivity (Wildman–Crippen MR) is 63.3 cm³/mol. The van der Waals surface area contributed by atoms with Crippen LogP contribution >= 0.6 is 0 Å². The maximum atomic E-state index is 12.2. The second kappa shape index (κ2) is 4.72. The van der Waals surface area contributed by atoms with Crippen LogP contribution in [0.4, 0.5) is 13.2 Å². The molecule has 0 bridgehead atoms. The Labute approximate surface area is 103 Å².